The summed E-state index contributed by atoms with van der Waals surface area (Å²) in [7, 11) is 0. The molecule has 0 N–H and O–H groups in total. The third-order valence-electron chi connectivity index (χ3n) is 7.62. The van der Waals surface area contributed by atoms with E-state index in [2.05, 4.69) is 95.9 Å². The predicted molar refractivity (Wildman–Crippen MR) is 160 cm³/mol. The molecule has 0 bridgehead atoms. The largest absolute Gasteiger partial charge is 0.456 e. The number of anilines is 2. The summed E-state index contributed by atoms with van der Waals surface area (Å²) < 4.78 is 12.3. The van der Waals surface area contributed by atoms with Gasteiger partial charge in [-0.25, -0.2) is 4.98 Å². The van der Waals surface area contributed by atoms with Gasteiger partial charge in [-0.3, -0.25) is 0 Å². The van der Waals surface area contributed by atoms with E-state index in [1.807, 2.05) is 30.3 Å². The van der Waals surface area contributed by atoms with Gasteiger partial charge in [-0.2, -0.15) is 0 Å². The van der Waals surface area contributed by atoms with Crippen LogP contribution in [0.2, 0.25) is 0 Å². The maximum atomic E-state index is 6.24. The zero-order valence-electron chi connectivity index (χ0n) is 21.2. The molecule has 0 saturated carbocycles. The highest BCUT2D eigenvalue weighted by molar-refractivity contribution is 6.16. The van der Waals surface area contributed by atoms with Crippen molar-refractivity contribution in [2.45, 2.75) is 6.42 Å². The van der Waals surface area contributed by atoms with Crippen LogP contribution in [-0.4, -0.2) is 11.5 Å². The fraction of sp³-hybridized carbons (Fsp3) is 0.0571. The van der Waals surface area contributed by atoms with Crippen molar-refractivity contribution in [2.75, 3.05) is 11.4 Å². The lowest BCUT2D eigenvalue weighted by Crippen LogP contribution is -2.18. The summed E-state index contributed by atoms with van der Waals surface area (Å²) in [6, 6.07) is 33.6. The zero-order valence-corrected chi connectivity index (χ0v) is 21.2. The second kappa shape index (κ2) is 8.74. The molecular formula is C35H24N2O2. The van der Waals surface area contributed by atoms with Crippen molar-refractivity contribution in [2.24, 2.45) is 0 Å². The Morgan fingerprint density at radius 3 is 2.36 bits per heavy atom. The standard InChI is InChI=1S/C35H24N2O2/c1-2-8-22-37(29-19-16-23-9-4-5-10-26(23)27(29)11-3-1)25-17-14-24(15-18-25)35-36-34-32(39-35)21-20-31-33(34)28-12-6-7-13-30(28)38-31/h1-10,12-21H,11,22H2. The number of oxazole rings is 1. The molecule has 4 nitrogen and oxygen atoms in total. The molecular weight excluding hydrogens is 480 g/mol. The molecule has 0 unspecified atom stereocenters. The molecule has 1 aliphatic heterocycles. The number of nitrogens with zero attached hydrogens (tertiary/aromatic N) is 2. The topological polar surface area (TPSA) is 42.4 Å². The molecule has 0 saturated heterocycles. The molecule has 2 aromatic heterocycles. The van der Waals surface area contributed by atoms with E-state index in [0.29, 0.717) is 5.89 Å². The monoisotopic (exact) mass is 504 g/mol. The lowest BCUT2D eigenvalue weighted by Gasteiger charge is -2.27. The number of hydrogen-bond donors (Lipinski definition) is 0. The van der Waals surface area contributed by atoms with Crippen molar-refractivity contribution in [1.82, 2.24) is 4.98 Å². The first-order valence-corrected chi connectivity index (χ1v) is 13.2. The average Bonchev–Trinajstić information content (AvgIpc) is 3.60. The van der Waals surface area contributed by atoms with Gasteiger partial charge in [0.15, 0.2) is 5.58 Å². The number of furan rings is 1. The predicted octanol–water partition coefficient (Wildman–Crippen LogP) is 9.35. The van der Waals surface area contributed by atoms with Crippen molar-refractivity contribution < 1.29 is 8.83 Å². The molecule has 0 amide bonds. The van der Waals surface area contributed by atoms with Gasteiger partial charge in [-0.1, -0.05) is 72.8 Å². The van der Waals surface area contributed by atoms with Crippen LogP contribution in [0.15, 0.2) is 130 Å². The van der Waals surface area contributed by atoms with Crippen molar-refractivity contribution in [3.05, 3.63) is 127 Å². The SMILES string of the molecule is C1=CCc2c(ccc3ccccc23)N(c2ccc(-c3nc4c(ccc5oc6ccccc6c54)o3)cc2)CC=C1. The van der Waals surface area contributed by atoms with E-state index in [4.69, 9.17) is 13.8 Å². The van der Waals surface area contributed by atoms with Crippen LogP contribution in [0.1, 0.15) is 5.56 Å². The van der Waals surface area contributed by atoms with Crippen molar-refractivity contribution in [1.29, 1.82) is 0 Å². The average molecular weight is 505 g/mol. The maximum absolute atomic E-state index is 6.24. The second-order valence-electron chi connectivity index (χ2n) is 9.90. The van der Waals surface area contributed by atoms with Gasteiger partial charge in [0.1, 0.15) is 16.7 Å². The minimum absolute atomic E-state index is 0.606. The lowest BCUT2D eigenvalue weighted by atomic mass is 9.98. The van der Waals surface area contributed by atoms with Crippen LogP contribution in [-0.2, 0) is 6.42 Å². The first-order valence-electron chi connectivity index (χ1n) is 13.2. The third-order valence-corrected chi connectivity index (χ3v) is 7.62. The maximum Gasteiger partial charge on any atom is 0.227 e. The Bertz CT molecular complexity index is 2080. The Labute approximate surface area is 225 Å². The summed E-state index contributed by atoms with van der Waals surface area (Å²) in [5.74, 6) is 0.606. The lowest BCUT2D eigenvalue weighted by molar-refractivity contribution is 0.619. The third kappa shape index (κ3) is 3.57. The second-order valence-corrected chi connectivity index (χ2v) is 9.90. The summed E-state index contributed by atoms with van der Waals surface area (Å²) in [5, 5.41) is 4.61. The fourth-order valence-electron chi connectivity index (χ4n) is 5.75. The van der Waals surface area contributed by atoms with Crippen LogP contribution in [0.4, 0.5) is 11.4 Å². The first kappa shape index (κ1) is 21.9. The van der Waals surface area contributed by atoms with E-state index >= 15 is 0 Å². The van der Waals surface area contributed by atoms with Crippen LogP contribution in [0.25, 0.3) is 55.3 Å². The molecule has 39 heavy (non-hydrogen) atoms. The van der Waals surface area contributed by atoms with E-state index in [9.17, 15) is 0 Å². The van der Waals surface area contributed by atoms with Crippen molar-refractivity contribution in [3.63, 3.8) is 0 Å². The van der Waals surface area contributed by atoms with E-state index in [-0.39, 0.29) is 0 Å². The van der Waals surface area contributed by atoms with E-state index in [1.54, 1.807) is 0 Å². The van der Waals surface area contributed by atoms with Gasteiger partial charge in [0, 0.05) is 28.9 Å². The molecule has 8 rings (SSSR count). The van der Waals surface area contributed by atoms with Gasteiger partial charge in [-0.05, 0) is 71.3 Å². The summed E-state index contributed by atoms with van der Waals surface area (Å²) in [4.78, 5) is 7.30. The minimum Gasteiger partial charge on any atom is -0.456 e. The fourth-order valence-corrected chi connectivity index (χ4v) is 5.75. The van der Waals surface area contributed by atoms with Gasteiger partial charge < -0.3 is 13.7 Å². The van der Waals surface area contributed by atoms with Crippen molar-refractivity contribution >= 4 is 55.2 Å². The highest BCUT2D eigenvalue weighted by atomic mass is 16.4. The highest BCUT2D eigenvalue weighted by Crippen LogP contribution is 2.38. The Morgan fingerprint density at radius 2 is 1.44 bits per heavy atom. The van der Waals surface area contributed by atoms with E-state index < -0.39 is 0 Å². The smallest absolute Gasteiger partial charge is 0.227 e. The van der Waals surface area contributed by atoms with Crippen LogP contribution < -0.4 is 4.90 Å². The zero-order chi connectivity index (χ0) is 25.8. The van der Waals surface area contributed by atoms with Gasteiger partial charge in [0.25, 0.3) is 0 Å². The highest BCUT2D eigenvalue weighted by Gasteiger charge is 2.18. The molecule has 4 heteroatoms. The summed E-state index contributed by atoms with van der Waals surface area (Å²) in [6.45, 7) is 0.781. The number of para-hydroxylation sites is 1. The molecule has 0 radical (unpaired) electrons. The normalized spacial score (nSPS) is 13.7. The molecule has 3 heterocycles. The van der Waals surface area contributed by atoms with Gasteiger partial charge in [-0.15, -0.1) is 0 Å². The molecule has 0 fully saturated rings. The Morgan fingerprint density at radius 1 is 0.641 bits per heavy atom. The molecule has 7 aromatic rings. The van der Waals surface area contributed by atoms with Gasteiger partial charge in [0.05, 0.1) is 5.39 Å². The summed E-state index contributed by atoms with van der Waals surface area (Å²) in [6.07, 6.45) is 9.60. The van der Waals surface area contributed by atoms with Gasteiger partial charge >= 0.3 is 0 Å². The number of fused-ring (bicyclic) bond motifs is 8. The van der Waals surface area contributed by atoms with Crippen LogP contribution >= 0.6 is 0 Å². The number of benzene rings is 5. The number of aromatic nitrogens is 1. The van der Waals surface area contributed by atoms with Crippen LogP contribution in [0.3, 0.4) is 0 Å². The Kier molecular flexibility index (Phi) is 4.92. The quantitative estimate of drug-likeness (QED) is 0.235. The molecule has 0 aliphatic carbocycles. The van der Waals surface area contributed by atoms with Crippen LogP contribution in [0, 0.1) is 0 Å². The molecule has 0 spiro atoms. The molecule has 186 valence electrons. The number of rotatable bonds is 2. The molecule has 1 aliphatic rings. The minimum atomic E-state index is 0.606. The van der Waals surface area contributed by atoms with E-state index in [0.717, 1.165) is 57.3 Å². The molecule has 5 aromatic carbocycles. The Balaban J connectivity index is 1.21. The van der Waals surface area contributed by atoms with Gasteiger partial charge in [0.2, 0.25) is 5.89 Å². The summed E-state index contributed by atoms with van der Waals surface area (Å²) in [5.41, 5.74) is 7.90. The summed E-state index contributed by atoms with van der Waals surface area (Å²) >= 11 is 0. The number of allylic oxidation sites excluding steroid dienone is 3. The van der Waals surface area contributed by atoms with Crippen LogP contribution in [0.5, 0.6) is 0 Å². The number of hydrogen-bond acceptors (Lipinski definition) is 4. The van der Waals surface area contributed by atoms with E-state index in [1.165, 1.54) is 22.0 Å². The molecule has 0 atom stereocenters. The first-order chi connectivity index (χ1) is 19.3. The Hall–Kier alpha value is -5.09. The van der Waals surface area contributed by atoms with Crippen molar-refractivity contribution in [3.8, 4) is 11.5 Å².